The molecule has 22 heavy (non-hydrogen) atoms. The maximum absolute atomic E-state index is 12.0. The summed E-state index contributed by atoms with van der Waals surface area (Å²) in [7, 11) is 1.58. The highest BCUT2D eigenvalue weighted by Crippen LogP contribution is 2.46. The third-order valence-electron chi connectivity index (χ3n) is 4.85. The van der Waals surface area contributed by atoms with Crippen LogP contribution in [0.2, 0.25) is 0 Å². The van der Waals surface area contributed by atoms with Crippen LogP contribution >= 0.6 is 0 Å². The number of carboxylic acids is 1. The van der Waals surface area contributed by atoms with E-state index < -0.39 is 11.4 Å². The first-order valence-corrected chi connectivity index (χ1v) is 7.63. The molecule has 0 amide bonds. The lowest BCUT2D eigenvalue weighted by molar-refractivity contribution is -0.145. The molecule has 0 bridgehead atoms. The van der Waals surface area contributed by atoms with Crippen LogP contribution in [-0.4, -0.2) is 23.3 Å². The van der Waals surface area contributed by atoms with Gasteiger partial charge in [-0.05, 0) is 18.9 Å². The Labute approximate surface area is 129 Å². The van der Waals surface area contributed by atoms with Crippen molar-refractivity contribution in [2.75, 3.05) is 7.11 Å². The second kappa shape index (κ2) is 5.52. The van der Waals surface area contributed by atoms with Crippen LogP contribution in [-0.2, 0) is 10.2 Å². The van der Waals surface area contributed by atoms with Crippen molar-refractivity contribution in [3.05, 3.63) is 35.9 Å². The van der Waals surface area contributed by atoms with Crippen LogP contribution in [0.4, 0.5) is 0 Å². The highest BCUT2D eigenvalue weighted by molar-refractivity contribution is 5.96. The first-order chi connectivity index (χ1) is 10.6. The van der Waals surface area contributed by atoms with E-state index in [1.807, 2.05) is 12.1 Å². The molecule has 116 valence electrons. The number of hydrogen-bond donors (Lipinski definition) is 2. The number of ether oxygens (including phenoxy) is 1. The molecule has 0 aromatic heterocycles. The minimum atomic E-state index is -0.973. The fourth-order valence-corrected chi connectivity index (χ4v) is 3.63. The van der Waals surface area contributed by atoms with Crippen LogP contribution in [0.1, 0.15) is 37.7 Å². The molecule has 0 unspecified atom stereocenters. The summed E-state index contributed by atoms with van der Waals surface area (Å²) in [6.45, 7) is 0. The SMILES string of the molecule is COc1cccc2c(O)c(C3(C(=O)O)CCCCC3)ccc12. The summed E-state index contributed by atoms with van der Waals surface area (Å²) < 4.78 is 5.31. The number of carbonyl (C=O) groups is 1. The van der Waals surface area contributed by atoms with Crippen molar-refractivity contribution in [1.29, 1.82) is 0 Å². The highest BCUT2D eigenvalue weighted by atomic mass is 16.5. The first kappa shape index (κ1) is 14.7. The second-order valence-electron chi connectivity index (χ2n) is 5.97. The van der Waals surface area contributed by atoms with Gasteiger partial charge in [0.05, 0.1) is 12.5 Å². The molecule has 4 nitrogen and oxygen atoms in total. The van der Waals surface area contributed by atoms with E-state index in [-0.39, 0.29) is 5.75 Å². The zero-order valence-electron chi connectivity index (χ0n) is 12.6. The zero-order valence-corrected chi connectivity index (χ0v) is 12.6. The van der Waals surface area contributed by atoms with Gasteiger partial charge in [-0.15, -0.1) is 0 Å². The van der Waals surface area contributed by atoms with E-state index in [2.05, 4.69) is 0 Å². The van der Waals surface area contributed by atoms with E-state index in [4.69, 9.17) is 4.74 Å². The van der Waals surface area contributed by atoms with E-state index in [9.17, 15) is 15.0 Å². The van der Waals surface area contributed by atoms with Crippen LogP contribution < -0.4 is 4.74 Å². The Morgan fingerprint density at radius 3 is 2.45 bits per heavy atom. The second-order valence-corrected chi connectivity index (χ2v) is 5.97. The van der Waals surface area contributed by atoms with Crippen molar-refractivity contribution < 1.29 is 19.7 Å². The number of benzene rings is 2. The van der Waals surface area contributed by atoms with Crippen LogP contribution in [0.3, 0.4) is 0 Å². The van der Waals surface area contributed by atoms with Gasteiger partial charge in [-0.3, -0.25) is 4.79 Å². The van der Waals surface area contributed by atoms with Crippen molar-refractivity contribution in [2.45, 2.75) is 37.5 Å². The summed E-state index contributed by atoms with van der Waals surface area (Å²) in [4.78, 5) is 12.0. The van der Waals surface area contributed by atoms with Gasteiger partial charge in [0.25, 0.3) is 0 Å². The lowest BCUT2D eigenvalue weighted by Gasteiger charge is -2.34. The first-order valence-electron chi connectivity index (χ1n) is 7.63. The van der Waals surface area contributed by atoms with Crippen LogP contribution in [0.5, 0.6) is 11.5 Å². The van der Waals surface area contributed by atoms with Gasteiger partial charge in [0, 0.05) is 16.3 Å². The minimum Gasteiger partial charge on any atom is -0.507 e. The van der Waals surface area contributed by atoms with Crippen molar-refractivity contribution >= 4 is 16.7 Å². The van der Waals surface area contributed by atoms with E-state index in [1.165, 1.54) is 0 Å². The molecule has 0 spiro atoms. The number of phenols is 1. The number of aliphatic carboxylic acids is 1. The number of carboxylic acid groups (broad SMARTS) is 1. The van der Waals surface area contributed by atoms with Crippen molar-refractivity contribution in [3.8, 4) is 11.5 Å². The predicted molar refractivity (Wildman–Crippen MR) is 84.6 cm³/mol. The summed E-state index contributed by atoms with van der Waals surface area (Å²) in [5, 5.41) is 22.0. The fourth-order valence-electron chi connectivity index (χ4n) is 3.63. The summed E-state index contributed by atoms with van der Waals surface area (Å²) in [5.74, 6) is -0.0992. The average molecular weight is 300 g/mol. The predicted octanol–water partition coefficient (Wildman–Crippen LogP) is 3.84. The number of phenolic OH excluding ortho intramolecular Hbond substituents is 1. The van der Waals surface area contributed by atoms with Crippen LogP contribution in [0.25, 0.3) is 10.8 Å². The van der Waals surface area contributed by atoms with Crippen molar-refractivity contribution in [1.82, 2.24) is 0 Å². The molecule has 4 heteroatoms. The highest BCUT2D eigenvalue weighted by Gasteiger charge is 2.43. The Bertz CT molecular complexity index is 714. The van der Waals surface area contributed by atoms with Gasteiger partial charge in [-0.25, -0.2) is 0 Å². The van der Waals surface area contributed by atoms with E-state index in [0.717, 1.165) is 24.6 Å². The van der Waals surface area contributed by atoms with Gasteiger partial charge < -0.3 is 14.9 Å². The third-order valence-corrected chi connectivity index (χ3v) is 4.85. The van der Waals surface area contributed by atoms with Crippen molar-refractivity contribution in [2.24, 2.45) is 0 Å². The zero-order chi connectivity index (χ0) is 15.7. The van der Waals surface area contributed by atoms with Gasteiger partial charge in [0.2, 0.25) is 0 Å². The largest absolute Gasteiger partial charge is 0.507 e. The topological polar surface area (TPSA) is 66.8 Å². The lowest BCUT2D eigenvalue weighted by Crippen LogP contribution is -2.37. The smallest absolute Gasteiger partial charge is 0.314 e. The Kier molecular flexibility index (Phi) is 3.69. The monoisotopic (exact) mass is 300 g/mol. The van der Waals surface area contributed by atoms with Crippen molar-refractivity contribution in [3.63, 3.8) is 0 Å². The minimum absolute atomic E-state index is 0.0701. The van der Waals surface area contributed by atoms with Gasteiger partial charge in [0.15, 0.2) is 0 Å². The summed E-state index contributed by atoms with van der Waals surface area (Å²) in [6.07, 6.45) is 3.96. The standard InChI is InChI=1S/C18H20O4/c1-22-15-7-5-6-13-12(15)8-9-14(16(13)19)18(17(20)21)10-3-2-4-11-18/h5-9,19H,2-4,10-11H2,1H3,(H,20,21). The molecular weight excluding hydrogens is 280 g/mol. The molecule has 0 aliphatic heterocycles. The molecule has 1 aliphatic carbocycles. The maximum atomic E-state index is 12.0. The Balaban J connectivity index is 2.22. The van der Waals surface area contributed by atoms with E-state index >= 15 is 0 Å². The van der Waals surface area contributed by atoms with Gasteiger partial charge in [-0.2, -0.15) is 0 Å². The molecule has 0 atom stereocenters. The number of methoxy groups -OCH3 is 1. The molecule has 2 aromatic carbocycles. The Morgan fingerprint density at radius 1 is 1.09 bits per heavy atom. The van der Waals surface area contributed by atoms with Gasteiger partial charge >= 0.3 is 5.97 Å². The summed E-state index contributed by atoms with van der Waals surface area (Å²) in [5.41, 5.74) is -0.444. The number of hydrogen-bond acceptors (Lipinski definition) is 3. The maximum Gasteiger partial charge on any atom is 0.314 e. The van der Waals surface area contributed by atoms with E-state index in [0.29, 0.717) is 29.5 Å². The third kappa shape index (κ3) is 2.10. The molecule has 0 heterocycles. The summed E-state index contributed by atoms with van der Waals surface area (Å²) >= 11 is 0. The Morgan fingerprint density at radius 2 is 1.82 bits per heavy atom. The van der Waals surface area contributed by atoms with E-state index in [1.54, 1.807) is 25.3 Å². The molecule has 3 rings (SSSR count). The van der Waals surface area contributed by atoms with Crippen LogP contribution in [0, 0.1) is 0 Å². The molecule has 1 aliphatic rings. The quantitative estimate of drug-likeness (QED) is 0.903. The van der Waals surface area contributed by atoms with Gasteiger partial charge in [-0.1, -0.05) is 43.5 Å². The average Bonchev–Trinajstić information content (AvgIpc) is 2.55. The molecular formula is C18H20O4. The molecule has 1 saturated carbocycles. The molecule has 2 aromatic rings. The lowest BCUT2D eigenvalue weighted by atomic mass is 9.69. The van der Waals surface area contributed by atoms with Gasteiger partial charge in [0.1, 0.15) is 11.5 Å². The normalized spacial score (nSPS) is 17.3. The molecule has 0 saturated heterocycles. The number of aromatic hydroxyl groups is 1. The summed E-state index contributed by atoms with van der Waals surface area (Å²) in [6, 6.07) is 9.03. The number of fused-ring (bicyclic) bond motifs is 1. The molecule has 1 fully saturated rings. The number of rotatable bonds is 3. The molecule has 2 N–H and O–H groups in total. The Hall–Kier alpha value is -2.23. The fraction of sp³-hybridized carbons (Fsp3) is 0.389. The molecule has 0 radical (unpaired) electrons. The van der Waals surface area contributed by atoms with Crippen LogP contribution in [0.15, 0.2) is 30.3 Å².